The molecule has 4 nitrogen and oxygen atoms in total. The van der Waals surface area contributed by atoms with E-state index < -0.39 is 16.4 Å². The van der Waals surface area contributed by atoms with Crippen molar-refractivity contribution in [1.29, 1.82) is 0 Å². The van der Waals surface area contributed by atoms with Crippen molar-refractivity contribution in [3.63, 3.8) is 0 Å². The van der Waals surface area contributed by atoms with Crippen molar-refractivity contribution in [2.45, 2.75) is 0 Å². The normalized spacial score (nSPS) is 11.2. The van der Waals surface area contributed by atoms with Crippen molar-refractivity contribution in [2.24, 2.45) is 0 Å². The summed E-state index contributed by atoms with van der Waals surface area (Å²) in [5.41, 5.74) is 0.355. The van der Waals surface area contributed by atoms with Crippen LogP contribution in [0.1, 0.15) is 15.9 Å². The molecule has 0 aromatic heterocycles. The van der Waals surface area contributed by atoms with Gasteiger partial charge in [0.25, 0.3) is 5.78 Å². The summed E-state index contributed by atoms with van der Waals surface area (Å²) in [6.45, 7) is 0. The summed E-state index contributed by atoms with van der Waals surface area (Å²) in [5, 5.41) is 11.6. The number of ketones is 1. The van der Waals surface area contributed by atoms with E-state index in [1.165, 1.54) is 6.08 Å². The van der Waals surface area contributed by atoms with Crippen molar-refractivity contribution in [1.82, 2.24) is 0 Å². The molecule has 0 aliphatic rings. The van der Waals surface area contributed by atoms with E-state index in [-0.39, 0.29) is 5.56 Å². The van der Waals surface area contributed by atoms with Gasteiger partial charge in [-0.25, -0.2) is 0 Å². The number of nitro groups is 1. The second kappa shape index (κ2) is 6.12. The fourth-order valence-electron chi connectivity index (χ4n) is 1.66. The van der Waals surface area contributed by atoms with E-state index >= 15 is 0 Å². The van der Waals surface area contributed by atoms with Gasteiger partial charge in [-0.3, -0.25) is 14.9 Å². The number of Topliss-reactive ketones (excluding diaryl/α,β-unsaturated/α-hetero) is 1. The van der Waals surface area contributed by atoms with Crippen LogP contribution in [0.15, 0.2) is 60.3 Å². The first kappa shape index (κ1) is 14.0. The van der Waals surface area contributed by atoms with Crippen LogP contribution in [0.3, 0.4) is 0 Å². The largest absolute Gasteiger partial charge is 0.317 e. The average Bonchev–Trinajstić information content (AvgIpc) is 2.46. The summed E-state index contributed by atoms with van der Waals surface area (Å²) in [5.74, 6) is -0.620. The molecule has 0 bridgehead atoms. The smallest absolute Gasteiger partial charge is 0.282 e. The minimum absolute atomic E-state index is 0.282. The number of carbonyl (C=O) groups excluding carboxylic acids is 1. The highest BCUT2D eigenvalue weighted by Crippen LogP contribution is 2.16. The van der Waals surface area contributed by atoms with Crippen molar-refractivity contribution in [2.75, 3.05) is 0 Å². The Morgan fingerprint density at radius 1 is 1.05 bits per heavy atom. The predicted molar refractivity (Wildman–Crippen MR) is 77.2 cm³/mol. The van der Waals surface area contributed by atoms with E-state index in [2.05, 4.69) is 0 Å². The van der Waals surface area contributed by atoms with E-state index in [0.717, 1.165) is 0 Å². The number of rotatable bonds is 4. The Bertz CT molecular complexity index is 663. The first-order valence-corrected chi connectivity index (χ1v) is 6.17. The molecule has 2 aromatic carbocycles. The van der Waals surface area contributed by atoms with Gasteiger partial charge in [0, 0.05) is 16.7 Å². The molecular formula is C15H10ClNO3. The molecule has 0 atom stereocenters. The van der Waals surface area contributed by atoms with Crippen LogP contribution in [0.4, 0.5) is 0 Å². The number of benzene rings is 2. The van der Waals surface area contributed by atoms with Gasteiger partial charge in [0.05, 0.1) is 4.92 Å². The third kappa shape index (κ3) is 3.30. The van der Waals surface area contributed by atoms with Crippen molar-refractivity contribution < 1.29 is 9.72 Å². The topological polar surface area (TPSA) is 60.2 Å². The highest BCUT2D eigenvalue weighted by Gasteiger charge is 2.23. The first-order chi connectivity index (χ1) is 9.58. The number of carbonyl (C=O) groups is 1. The lowest BCUT2D eigenvalue weighted by atomic mass is 10.1. The maximum Gasteiger partial charge on any atom is 0.317 e. The molecule has 0 N–H and O–H groups in total. The van der Waals surface area contributed by atoms with Gasteiger partial charge in [-0.2, -0.15) is 0 Å². The van der Waals surface area contributed by atoms with Crippen LogP contribution in [0, 0.1) is 10.1 Å². The molecule has 5 heteroatoms. The standard InChI is InChI=1S/C15H10ClNO3/c16-13-8-6-11(7-9-13)10-14(17(19)20)15(18)12-4-2-1-3-5-12/h1-10H/b14-10-. The Balaban J connectivity index is 2.39. The lowest BCUT2D eigenvalue weighted by Gasteiger charge is -1.99. The van der Waals surface area contributed by atoms with E-state index in [4.69, 9.17) is 11.6 Å². The van der Waals surface area contributed by atoms with Gasteiger partial charge in [-0.1, -0.05) is 54.1 Å². The summed E-state index contributed by atoms with van der Waals surface area (Å²) >= 11 is 5.75. The third-order valence-corrected chi connectivity index (χ3v) is 2.89. The zero-order valence-corrected chi connectivity index (χ0v) is 11.1. The Morgan fingerprint density at radius 2 is 1.65 bits per heavy atom. The quantitative estimate of drug-likeness (QED) is 0.371. The molecule has 0 aliphatic carbocycles. The molecule has 0 saturated carbocycles. The van der Waals surface area contributed by atoms with Crippen LogP contribution in [0.2, 0.25) is 5.02 Å². The van der Waals surface area contributed by atoms with Gasteiger partial charge in [0.1, 0.15) is 0 Å². The second-order valence-corrected chi connectivity index (χ2v) is 4.47. The van der Waals surface area contributed by atoms with Gasteiger partial charge in [-0.05, 0) is 17.7 Å². The maximum atomic E-state index is 12.1. The van der Waals surface area contributed by atoms with E-state index in [1.807, 2.05) is 0 Å². The number of hydrogen-bond acceptors (Lipinski definition) is 3. The maximum absolute atomic E-state index is 12.1. The number of allylic oxidation sites excluding steroid dienone is 1. The van der Waals surface area contributed by atoms with Crippen molar-refractivity contribution in [3.05, 3.63) is 86.6 Å². The zero-order valence-electron chi connectivity index (χ0n) is 10.3. The van der Waals surface area contributed by atoms with E-state index in [1.54, 1.807) is 54.6 Å². The summed E-state index contributed by atoms with van der Waals surface area (Å²) in [6.07, 6.45) is 1.24. The number of halogens is 1. The van der Waals surface area contributed by atoms with Gasteiger partial charge in [0.15, 0.2) is 0 Å². The molecule has 0 amide bonds. The predicted octanol–water partition coefficient (Wildman–Crippen LogP) is 3.84. The monoisotopic (exact) mass is 287 g/mol. The van der Waals surface area contributed by atoms with Crippen LogP contribution in [0.25, 0.3) is 6.08 Å². The lowest BCUT2D eigenvalue weighted by molar-refractivity contribution is -0.415. The molecule has 0 spiro atoms. The van der Waals surface area contributed by atoms with Gasteiger partial charge >= 0.3 is 5.70 Å². The third-order valence-electron chi connectivity index (χ3n) is 2.64. The SMILES string of the molecule is O=C(/C(=C/c1ccc(Cl)cc1)[N+](=O)[O-])c1ccccc1. The molecule has 100 valence electrons. The summed E-state index contributed by atoms with van der Waals surface area (Å²) in [4.78, 5) is 22.5. The van der Waals surface area contributed by atoms with E-state index in [0.29, 0.717) is 10.6 Å². The van der Waals surface area contributed by atoms with Crippen LogP contribution in [-0.4, -0.2) is 10.7 Å². The molecule has 20 heavy (non-hydrogen) atoms. The molecule has 0 fully saturated rings. The molecule has 0 unspecified atom stereocenters. The highest BCUT2D eigenvalue weighted by molar-refractivity contribution is 6.30. The summed E-state index contributed by atoms with van der Waals surface area (Å²) in [6, 6.07) is 14.6. The Hall–Kier alpha value is -2.46. The van der Waals surface area contributed by atoms with Gasteiger partial charge < -0.3 is 0 Å². The fraction of sp³-hybridized carbons (Fsp3) is 0. The second-order valence-electron chi connectivity index (χ2n) is 4.03. The molecule has 2 aromatic rings. The summed E-state index contributed by atoms with van der Waals surface area (Å²) in [7, 11) is 0. The Morgan fingerprint density at radius 3 is 2.20 bits per heavy atom. The van der Waals surface area contributed by atoms with Crippen LogP contribution in [0.5, 0.6) is 0 Å². The van der Waals surface area contributed by atoms with E-state index in [9.17, 15) is 14.9 Å². The van der Waals surface area contributed by atoms with Crippen LogP contribution >= 0.6 is 11.6 Å². The lowest BCUT2D eigenvalue weighted by Crippen LogP contribution is -2.11. The number of hydrogen-bond donors (Lipinski definition) is 0. The minimum Gasteiger partial charge on any atom is -0.282 e. The zero-order chi connectivity index (χ0) is 14.5. The number of nitrogens with zero attached hydrogens (tertiary/aromatic N) is 1. The van der Waals surface area contributed by atoms with Crippen LogP contribution in [-0.2, 0) is 0 Å². The van der Waals surface area contributed by atoms with Crippen molar-refractivity contribution >= 4 is 23.5 Å². The molecule has 0 aliphatic heterocycles. The molecule has 0 heterocycles. The fourth-order valence-corrected chi connectivity index (χ4v) is 1.78. The van der Waals surface area contributed by atoms with Gasteiger partial charge in [-0.15, -0.1) is 0 Å². The molecule has 2 rings (SSSR count). The molecule has 0 saturated heterocycles. The van der Waals surface area contributed by atoms with Crippen molar-refractivity contribution in [3.8, 4) is 0 Å². The Kier molecular flexibility index (Phi) is 4.27. The van der Waals surface area contributed by atoms with Crippen LogP contribution < -0.4 is 0 Å². The Labute approximate surface area is 120 Å². The molecular weight excluding hydrogens is 278 g/mol. The summed E-state index contributed by atoms with van der Waals surface area (Å²) < 4.78 is 0. The minimum atomic E-state index is -0.677. The average molecular weight is 288 g/mol. The first-order valence-electron chi connectivity index (χ1n) is 5.79. The molecule has 0 radical (unpaired) electrons. The van der Waals surface area contributed by atoms with Gasteiger partial charge in [0.2, 0.25) is 0 Å². The highest BCUT2D eigenvalue weighted by atomic mass is 35.5.